The highest BCUT2D eigenvalue weighted by molar-refractivity contribution is 5.96. The molecule has 0 spiro atoms. The van der Waals surface area contributed by atoms with Crippen molar-refractivity contribution in [3.8, 4) is 0 Å². The lowest BCUT2D eigenvalue weighted by Crippen LogP contribution is -2.21. The number of benzene rings is 1. The first-order chi connectivity index (χ1) is 8.22. The van der Waals surface area contributed by atoms with Crippen molar-refractivity contribution < 1.29 is 4.74 Å². The lowest BCUT2D eigenvalue weighted by molar-refractivity contribution is 0.190. The number of fused-ring (bicyclic) bond motifs is 1. The summed E-state index contributed by atoms with van der Waals surface area (Å²) in [5.74, 6) is 0. The molecule has 1 unspecified atom stereocenters. The fraction of sp³-hybridized carbons (Fsp3) is 0.308. The first-order valence-electron chi connectivity index (χ1n) is 5.61. The highest BCUT2D eigenvalue weighted by Crippen LogP contribution is 2.27. The number of nitrogen functional groups attached to an aromatic ring is 1. The normalized spacial score (nSPS) is 12.6. The molecule has 0 radical (unpaired) electrons. The summed E-state index contributed by atoms with van der Waals surface area (Å²) < 4.78 is 5.09. The maximum Gasteiger partial charge on any atom is 0.0724 e. The number of anilines is 2. The van der Waals surface area contributed by atoms with E-state index in [9.17, 15) is 0 Å². The Hall–Kier alpha value is -1.81. The molecule has 4 heteroatoms. The SMILES string of the molecule is COCC(C)Nc1ccc2ncccc2c1N. The van der Waals surface area contributed by atoms with Gasteiger partial charge in [0, 0.05) is 24.7 Å². The van der Waals surface area contributed by atoms with Crippen molar-refractivity contribution in [3.05, 3.63) is 30.5 Å². The number of methoxy groups -OCH3 is 1. The Balaban J connectivity index is 2.32. The molecule has 2 rings (SSSR count). The third-order valence-electron chi connectivity index (χ3n) is 2.65. The summed E-state index contributed by atoms with van der Waals surface area (Å²) in [6.45, 7) is 2.70. The third kappa shape index (κ3) is 2.47. The lowest BCUT2D eigenvalue weighted by Gasteiger charge is -2.16. The van der Waals surface area contributed by atoms with Crippen LogP contribution < -0.4 is 11.1 Å². The molecule has 0 saturated heterocycles. The second kappa shape index (κ2) is 5.01. The number of pyridine rings is 1. The second-order valence-corrected chi connectivity index (χ2v) is 4.10. The predicted octanol–water partition coefficient (Wildman–Crippen LogP) is 2.26. The smallest absolute Gasteiger partial charge is 0.0724 e. The average Bonchev–Trinajstić information content (AvgIpc) is 2.33. The van der Waals surface area contributed by atoms with Gasteiger partial charge in [-0.3, -0.25) is 4.98 Å². The number of ether oxygens (including phenoxy) is 1. The van der Waals surface area contributed by atoms with Crippen LogP contribution in [0.15, 0.2) is 30.5 Å². The van der Waals surface area contributed by atoms with E-state index in [1.165, 1.54) is 0 Å². The van der Waals surface area contributed by atoms with Crippen LogP contribution in [0.1, 0.15) is 6.92 Å². The zero-order valence-corrected chi connectivity index (χ0v) is 10.1. The van der Waals surface area contributed by atoms with Crippen molar-refractivity contribution in [2.24, 2.45) is 0 Å². The molecule has 0 amide bonds. The molecule has 0 aliphatic heterocycles. The molecule has 2 aromatic rings. The maximum absolute atomic E-state index is 6.12. The van der Waals surface area contributed by atoms with E-state index in [-0.39, 0.29) is 6.04 Å². The molecule has 4 nitrogen and oxygen atoms in total. The molecule has 0 saturated carbocycles. The van der Waals surface area contributed by atoms with Gasteiger partial charge in [0.25, 0.3) is 0 Å². The minimum absolute atomic E-state index is 0.219. The van der Waals surface area contributed by atoms with Crippen LogP contribution in [0, 0.1) is 0 Å². The fourth-order valence-corrected chi connectivity index (χ4v) is 1.86. The topological polar surface area (TPSA) is 60.2 Å². The number of hydrogen-bond acceptors (Lipinski definition) is 4. The predicted molar refractivity (Wildman–Crippen MR) is 71.1 cm³/mol. The van der Waals surface area contributed by atoms with Crippen molar-refractivity contribution in [1.82, 2.24) is 4.98 Å². The summed E-state index contributed by atoms with van der Waals surface area (Å²) >= 11 is 0. The van der Waals surface area contributed by atoms with Crippen molar-refractivity contribution in [2.75, 3.05) is 24.8 Å². The van der Waals surface area contributed by atoms with Crippen molar-refractivity contribution in [2.45, 2.75) is 13.0 Å². The van der Waals surface area contributed by atoms with E-state index in [0.29, 0.717) is 6.61 Å². The summed E-state index contributed by atoms with van der Waals surface area (Å²) in [5, 5.41) is 4.30. The Labute approximate surface area is 101 Å². The van der Waals surface area contributed by atoms with E-state index in [1.807, 2.05) is 24.3 Å². The summed E-state index contributed by atoms with van der Waals surface area (Å²) in [6, 6.07) is 8.01. The van der Waals surface area contributed by atoms with Crippen LogP contribution in [0.5, 0.6) is 0 Å². The van der Waals surface area contributed by atoms with Crippen LogP contribution in [-0.2, 0) is 4.74 Å². The van der Waals surface area contributed by atoms with E-state index in [4.69, 9.17) is 10.5 Å². The number of hydrogen-bond donors (Lipinski definition) is 2. The Bertz CT molecular complexity index is 513. The summed E-state index contributed by atoms with van der Waals surface area (Å²) in [6.07, 6.45) is 1.77. The Morgan fingerprint density at radius 3 is 3.00 bits per heavy atom. The number of nitrogens with two attached hydrogens (primary N) is 1. The van der Waals surface area contributed by atoms with E-state index in [2.05, 4.69) is 17.2 Å². The zero-order chi connectivity index (χ0) is 12.3. The monoisotopic (exact) mass is 231 g/mol. The second-order valence-electron chi connectivity index (χ2n) is 4.10. The lowest BCUT2D eigenvalue weighted by atomic mass is 10.1. The maximum atomic E-state index is 6.12. The van der Waals surface area contributed by atoms with E-state index in [1.54, 1.807) is 13.3 Å². The molecule has 17 heavy (non-hydrogen) atoms. The first-order valence-corrected chi connectivity index (χ1v) is 5.61. The zero-order valence-electron chi connectivity index (χ0n) is 10.1. The number of rotatable bonds is 4. The molecule has 1 heterocycles. The van der Waals surface area contributed by atoms with Crippen molar-refractivity contribution >= 4 is 22.3 Å². The summed E-state index contributed by atoms with van der Waals surface area (Å²) in [7, 11) is 1.69. The van der Waals surface area contributed by atoms with Crippen LogP contribution >= 0.6 is 0 Å². The molecular weight excluding hydrogens is 214 g/mol. The van der Waals surface area contributed by atoms with E-state index < -0.39 is 0 Å². The molecule has 1 aromatic carbocycles. The highest BCUT2D eigenvalue weighted by atomic mass is 16.5. The Morgan fingerprint density at radius 1 is 1.41 bits per heavy atom. The van der Waals surface area contributed by atoms with Gasteiger partial charge in [0.05, 0.1) is 23.5 Å². The van der Waals surface area contributed by atoms with Gasteiger partial charge in [0.1, 0.15) is 0 Å². The third-order valence-corrected chi connectivity index (χ3v) is 2.65. The van der Waals surface area contributed by atoms with Crippen LogP contribution in [0.25, 0.3) is 10.9 Å². The molecule has 1 aromatic heterocycles. The molecule has 0 aliphatic carbocycles. The minimum atomic E-state index is 0.219. The number of nitrogens with one attached hydrogen (secondary N) is 1. The Kier molecular flexibility index (Phi) is 3.44. The van der Waals surface area contributed by atoms with Gasteiger partial charge in [-0.1, -0.05) is 0 Å². The van der Waals surface area contributed by atoms with Crippen LogP contribution in [0.2, 0.25) is 0 Å². The van der Waals surface area contributed by atoms with Gasteiger partial charge in [0.2, 0.25) is 0 Å². The number of aromatic nitrogens is 1. The molecule has 0 aliphatic rings. The minimum Gasteiger partial charge on any atom is -0.397 e. The van der Waals surface area contributed by atoms with E-state index >= 15 is 0 Å². The average molecular weight is 231 g/mol. The molecule has 0 bridgehead atoms. The molecular formula is C13H17N3O. The highest BCUT2D eigenvalue weighted by Gasteiger charge is 2.07. The number of nitrogens with zero attached hydrogens (tertiary/aromatic N) is 1. The van der Waals surface area contributed by atoms with Gasteiger partial charge in [-0.15, -0.1) is 0 Å². The van der Waals surface area contributed by atoms with Crippen molar-refractivity contribution in [3.63, 3.8) is 0 Å². The van der Waals surface area contributed by atoms with Crippen LogP contribution in [0.4, 0.5) is 11.4 Å². The molecule has 0 fully saturated rings. The standard InChI is InChI=1S/C13H17N3O/c1-9(8-17-2)16-12-6-5-11-10(13(12)14)4-3-7-15-11/h3-7,9,16H,8,14H2,1-2H3. The largest absolute Gasteiger partial charge is 0.397 e. The fourth-order valence-electron chi connectivity index (χ4n) is 1.86. The van der Waals surface area contributed by atoms with Crippen LogP contribution in [-0.4, -0.2) is 24.7 Å². The molecule has 1 atom stereocenters. The summed E-state index contributed by atoms with van der Waals surface area (Å²) in [4.78, 5) is 4.27. The van der Waals surface area contributed by atoms with Gasteiger partial charge in [-0.25, -0.2) is 0 Å². The van der Waals surface area contributed by atoms with Crippen LogP contribution in [0.3, 0.4) is 0 Å². The summed E-state index contributed by atoms with van der Waals surface area (Å²) in [5.41, 5.74) is 8.69. The van der Waals surface area contributed by atoms with E-state index in [0.717, 1.165) is 22.3 Å². The van der Waals surface area contributed by atoms with Gasteiger partial charge in [-0.2, -0.15) is 0 Å². The van der Waals surface area contributed by atoms with Crippen molar-refractivity contribution in [1.29, 1.82) is 0 Å². The van der Waals surface area contributed by atoms with Gasteiger partial charge < -0.3 is 15.8 Å². The van der Waals surface area contributed by atoms with Gasteiger partial charge in [-0.05, 0) is 31.2 Å². The molecule has 90 valence electrons. The van der Waals surface area contributed by atoms with Gasteiger partial charge in [0.15, 0.2) is 0 Å². The van der Waals surface area contributed by atoms with Gasteiger partial charge >= 0.3 is 0 Å². The quantitative estimate of drug-likeness (QED) is 0.792. The Morgan fingerprint density at radius 2 is 2.24 bits per heavy atom. The molecule has 3 N–H and O–H groups in total. The first kappa shape index (κ1) is 11.7.